The molecule has 0 radical (unpaired) electrons. The van der Waals surface area contributed by atoms with Gasteiger partial charge < -0.3 is 15.7 Å². The van der Waals surface area contributed by atoms with Gasteiger partial charge in [0, 0.05) is 11.3 Å². The van der Waals surface area contributed by atoms with Crippen LogP contribution in [-0.4, -0.2) is 28.9 Å². The zero-order chi connectivity index (χ0) is 20.9. The third kappa shape index (κ3) is 4.97. The summed E-state index contributed by atoms with van der Waals surface area (Å²) in [6.45, 7) is 7.19. The summed E-state index contributed by atoms with van der Waals surface area (Å²) in [5.41, 5.74) is 2.29. The smallest absolute Gasteiger partial charge is 0.325 e. The molecule has 0 saturated carbocycles. The monoisotopic (exact) mass is 382 g/mol. The summed E-state index contributed by atoms with van der Waals surface area (Å²) >= 11 is 0. The molecule has 0 spiro atoms. The number of carboxylic acid groups (broad SMARTS) is 1. The fourth-order valence-electron chi connectivity index (χ4n) is 2.62. The second kappa shape index (κ2) is 8.69. The van der Waals surface area contributed by atoms with Crippen molar-refractivity contribution in [1.29, 1.82) is 0 Å². The van der Waals surface area contributed by atoms with Crippen LogP contribution in [0.4, 0.5) is 5.69 Å². The number of anilines is 1. The minimum Gasteiger partial charge on any atom is -0.480 e. The van der Waals surface area contributed by atoms with Crippen molar-refractivity contribution in [2.24, 2.45) is 0 Å². The van der Waals surface area contributed by atoms with Gasteiger partial charge in [-0.15, -0.1) is 0 Å². The third-order valence-corrected chi connectivity index (χ3v) is 4.77. The molecule has 28 heavy (non-hydrogen) atoms. The fraction of sp³-hybridized carbons (Fsp3) is 0.318. The number of hydrogen-bond donors (Lipinski definition) is 3. The van der Waals surface area contributed by atoms with E-state index in [1.54, 1.807) is 24.3 Å². The molecule has 6 nitrogen and oxygen atoms in total. The molecule has 0 aliphatic rings. The van der Waals surface area contributed by atoms with Gasteiger partial charge in [-0.2, -0.15) is 0 Å². The standard InChI is InChI=1S/C22H26N2O4/c1-5-15-6-10-17(11-7-15)22(3,4)21(28)24-18-12-8-16(9-13-18)19(25)23-14(2)20(26)27/h6-14H,5H2,1-4H3,(H,23,25)(H,24,28)(H,26,27). The minimum absolute atomic E-state index is 0.159. The molecule has 6 heteroatoms. The summed E-state index contributed by atoms with van der Waals surface area (Å²) in [4.78, 5) is 35.6. The van der Waals surface area contributed by atoms with Crippen molar-refractivity contribution < 1.29 is 19.5 Å². The predicted octanol–water partition coefficient (Wildman–Crippen LogP) is 3.37. The van der Waals surface area contributed by atoms with Gasteiger partial charge in [0.2, 0.25) is 5.91 Å². The fourth-order valence-corrected chi connectivity index (χ4v) is 2.62. The van der Waals surface area contributed by atoms with E-state index >= 15 is 0 Å². The highest BCUT2D eigenvalue weighted by molar-refractivity contribution is 6.00. The van der Waals surface area contributed by atoms with Gasteiger partial charge in [0.1, 0.15) is 6.04 Å². The van der Waals surface area contributed by atoms with Gasteiger partial charge in [-0.3, -0.25) is 14.4 Å². The van der Waals surface area contributed by atoms with Crippen LogP contribution in [0.25, 0.3) is 0 Å². The van der Waals surface area contributed by atoms with Crippen molar-refractivity contribution in [3.63, 3.8) is 0 Å². The molecule has 0 aromatic heterocycles. The van der Waals surface area contributed by atoms with E-state index in [1.165, 1.54) is 12.5 Å². The molecule has 0 fully saturated rings. The number of benzene rings is 2. The molecular weight excluding hydrogens is 356 g/mol. The summed E-state index contributed by atoms with van der Waals surface area (Å²) in [5.74, 6) is -1.75. The molecule has 2 aromatic rings. The molecule has 2 rings (SSSR count). The molecule has 1 atom stereocenters. The van der Waals surface area contributed by atoms with Crippen LogP contribution in [0.1, 0.15) is 49.2 Å². The van der Waals surface area contributed by atoms with E-state index in [0.29, 0.717) is 11.3 Å². The van der Waals surface area contributed by atoms with E-state index in [0.717, 1.165) is 12.0 Å². The molecule has 0 heterocycles. The van der Waals surface area contributed by atoms with Crippen molar-refractivity contribution in [3.05, 3.63) is 65.2 Å². The Bertz CT molecular complexity index is 855. The Morgan fingerprint density at radius 2 is 1.57 bits per heavy atom. The largest absolute Gasteiger partial charge is 0.480 e. The number of carbonyl (C=O) groups excluding carboxylic acids is 2. The first kappa shape index (κ1) is 21.2. The Hall–Kier alpha value is -3.15. The average Bonchev–Trinajstić information content (AvgIpc) is 2.68. The molecule has 0 saturated heterocycles. The predicted molar refractivity (Wildman–Crippen MR) is 108 cm³/mol. The van der Waals surface area contributed by atoms with E-state index in [-0.39, 0.29) is 5.91 Å². The summed E-state index contributed by atoms with van der Waals surface area (Å²) in [5, 5.41) is 14.1. The summed E-state index contributed by atoms with van der Waals surface area (Å²) in [6.07, 6.45) is 0.943. The maximum Gasteiger partial charge on any atom is 0.325 e. The molecule has 3 N–H and O–H groups in total. The lowest BCUT2D eigenvalue weighted by Gasteiger charge is -2.24. The van der Waals surface area contributed by atoms with Crippen molar-refractivity contribution in [2.75, 3.05) is 5.32 Å². The summed E-state index contributed by atoms with van der Waals surface area (Å²) in [6, 6.07) is 13.3. The second-order valence-electron chi connectivity index (χ2n) is 7.24. The first-order valence-electron chi connectivity index (χ1n) is 9.19. The van der Waals surface area contributed by atoms with E-state index in [4.69, 9.17) is 5.11 Å². The molecular formula is C22H26N2O4. The lowest BCUT2D eigenvalue weighted by Crippen LogP contribution is -2.38. The Labute approximate surface area is 165 Å². The first-order chi connectivity index (χ1) is 13.1. The van der Waals surface area contributed by atoms with Crippen LogP contribution >= 0.6 is 0 Å². The van der Waals surface area contributed by atoms with Gasteiger partial charge in [-0.25, -0.2) is 0 Å². The zero-order valence-corrected chi connectivity index (χ0v) is 16.6. The van der Waals surface area contributed by atoms with Gasteiger partial charge >= 0.3 is 5.97 Å². The quantitative estimate of drug-likeness (QED) is 0.684. The van der Waals surface area contributed by atoms with Crippen molar-refractivity contribution in [3.8, 4) is 0 Å². The van der Waals surface area contributed by atoms with Crippen LogP contribution in [-0.2, 0) is 21.4 Å². The molecule has 0 aliphatic heterocycles. The van der Waals surface area contributed by atoms with Gasteiger partial charge in [0.05, 0.1) is 5.41 Å². The van der Waals surface area contributed by atoms with E-state index in [9.17, 15) is 14.4 Å². The maximum atomic E-state index is 12.8. The Morgan fingerprint density at radius 3 is 2.07 bits per heavy atom. The van der Waals surface area contributed by atoms with Crippen LogP contribution < -0.4 is 10.6 Å². The van der Waals surface area contributed by atoms with Crippen LogP contribution in [0.15, 0.2) is 48.5 Å². The molecule has 0 aliphatic carbocycles. The van der Waals surface area contributed by atoms with E-state index < -0.39 is 23.3 Å². The third-order valence-electron chi connectivity index (χ3n) is 4.77. The Balaban J connectivity index is 2.07. The Morgan fingerprint density at radius 1 is 1.00 bits per heavy atom. The van der Waals surface area contributed by atoms with Crippen molar-refractivity contribution in [2.45, 2.75) is 45.6 Å². The number of carboxylic acids is 1. The van der Waals surface area contributed by atoms with Crippen LogP contribution in [0.3, 0.4) is 0 Å². The number of carbonyl (C=O) groups is 3. The summed E-state index contributed by atoms with van der Waals surface area (Å²) in [7, 11) is 0. The van der Waals surface area contributed by atoms with E-state index in [1.807, 2.05) is 38.1 Å². The SMILES string of the molecule is CCc1ccc(C(C)(C)C(=O)Nc2ccc(C(=O)NC(C)C(=O)O)cc2)cc1. The Kier molecular flexibility index (Phi) is 6.57. The molecule has 2 aromatic carbocycles. The van der Waals surface area contributed by atoms with Crippen LogP contribution in [0, 0.1) is 0 Å². The number of hydrogen-bond acceptors (Lipinski definition) is 3. The molecule has 148 valence electrons. The van der Waals surface area contributed by atoms with Crippen LogP contribution in [0.5, 0.6) is 0 Å². The number of rotatable bonds is 7. The summed E-state index contributed by atoms with van der Waals surface area (Å²) < 4.78 is 0. The van der Waals surface area contributed by atoms with Crippen molar-refractivity contribution >= 4 is 23.5 Å². The number of amides is 2. The molecule has 2 amide bonds. The maximum absolute atomic E-state index is 12.8. The highest BCUT2D eigenvalue weighted by Crippen LogP contribution is 2.26. The van der Waals surface area contributed by atoms with Crippen LogP contribution in [0.2, 0.25) is 0 Å². The number of aryl methyl sites for hydroxylation is 1. The zero-order valence-electron chi connectivity index (χ0n) is 16.6. The number of nitrogens with one attached hydrogen (secondary N) is 2. The lowest BCUT2D eigenvalue weighted by molar-refractivity contribution is -0.138. The second-order valence-corrected chi connectivity index (χ2v) is 7.24. The highest BCUT2D eigenvalue weighted by atomic mass is 16.4. The van der Waals surface area contributed by atoms with Gasteiger partial charge in [0.25, 0.3) is 5.91 Å². The lowest BCUT2D eigenvalue weighted by atomic mass is 9.83. The van der Waals surface area contributed by atoms with E-state index in [2.05, 4.69) is 17.6 Å². The van der Waals surface area contributed by atoms with Crippen molar-refractivity contribution in [1.82, 2.24) is 5.32 Å². The molecule has 0 bridgehead atoms. The normalized spacial score (nSPS) is 12.1. The topological polar surface area (TPSA) is 95.5 Å². The average molecular weight is 382 g/mol. The molecule has 1 unspecified atom stereocenters. The first-order valence-corrected chi connectivity index (χ1v) is 9.19. The number of aliphatic carboxylic acids is 1. The highest BCUT2D eigenvalue weighted by Gasteiger charge is 2.29. The van der Waals surface area contributed by atoms with Gasteiger partial charge in [-0.1, -0.05) is 31.2 Å². The minimum atomic E-state index is -1.11. The van der Waals surface area contributed by atoms with Gasteiger partial charge in [0.15, 0.2) is 0 Å². The van der Waals surface area contributed by atoms with Gasteiger partial charge in [-0.05, 0) is 62.6 Å².